The minimum atomic E-state index is -3.62. The number of thiazole rings is 1. The summed E-state index contributed by atoms with van der Waals surface area (Å²) in [6, 6.07) is 11.1. The fourth-order valence-electron chi connectivity index (χ4n) is 4.31. The van der Waals surface area contributed by atoms with Crippen LogP contribution in [0.15, 0.2) is 46.3 Å². The van der Waals surface area contributed by atoms with E-state index in [2.05, 4.69) is 35.5 Å². The lowest BCUT2D eigenvalue weighted by Gasteiger charge is -2.30. The largest absolute Gasteiger partial charge is 0.317 e. The van der Waals surface area contributed by atoms with E-state index in [0.29, 0.717) is 30.7 Å². The number of amides is 1. The van der Waals surface area contributed by atoms with Crippen molar-refractivity contribution in [1.82, 2.24) is 8.87 Å². The van der Waals surface area contributed by atoms with E-state index in [-0.39, 0.29) is 17.3 Å². The summed E-state index contributed by atoms with van der Waals surface area (Å²) in [6.45, 7) is 9.43. The summed E-state index contributed by atoms with van der Waals surface area (Å²) in [7, 11) is -3.62. The standard InChI is InChI=1S/C24H29N3O3S2/c1-5-27-21-14-17(3)13-18(4)22(21)31-24(27)25-23(28)19-7-6-12-26(15-19)32(29,30)20-10-8-16(2)9-11-20/h8-11,13-14,19H,5-7,12,15H2,1-4H3. The monoisotopic (exact) mass is 471 g/mol. The third-order valence-electron chi connectivity index (χ3n) is 6.03. The molecule has 2 aromatic carbocycles. The molecule has 2 heterocycles. The van der Waals surface area contributed by atoms with Gasteiger partial charge in [-0.2, -0.15) is 9.30 Å². The Kier molecular flexibility index (Phi) is 6.38. The van der Waals surface area contributed by atoms with Crippen molar-refractivity contribution in [1.29, 1.82) is 0 Å². The van der Waals surface area contributed by atoms with Gasteiger partial charge in [-0.05, 0) is 69.9 Å². The van der Waals surface area contributed by atoms with Gasteiger partial charge in [0.25, 0.3) is 5.91 Å². The molecule has 170 valence electrons. The normalized spacial score (nSPS) is 18.4. The summed E-state index contributed by atoms with van der Waals surface area (Å²) in [5.41, 5.74) is 4.45. The van der Waals surface area contributed by atoms with Gasteiger partial charge in [-0.3, -0.25) is 4.79 Å². The van der Waals surface area contributed by atoms with Crippen molar-refractivity contribution in [2.45, 2.75) is 52.0 Å². The third-order valence-corrected chi connectivity index (χ3v) is 9.14. The van der Waals surface area contributed by atoms with E-state index in [9.17, 15) is 13.2 Å². The zero-order valence-corrected chi connectivity index (χ0v) is 20.6. The molecule has 32 heavy (non-hydrogen) atoms. The van der Waals surface area contributed by atoms with Gasteiger partial charge in [0.15, 0.2) is 4.80 Å². The van der Waals surface area contributed by atoms with Crippen LogP contribution < -0.4 is 4.80 Å². The Bertz CT molecular complexity index is 1340. The average molecular weight is 472 g/mol. The van der Waals surface area contributed by atoms with Gasteiger partial charge in [-0.1, -0.05) is 35.1 Å². The van der Waals surface area contributed by atoms with Gasteiger partial charge in [-0.15, -0.1) is 0 Å². The molecule has 1 fully saturated rings. The minimum Gasteiger partial charge on any atom is -0.317 e. The predicted molar refractivity (Wildman–Crippen MR) is 128 cm³/mol. The van der Waals surface area contributed by atoms with Gasteiger partial charge in [-0.25, -0.2) is 8.42 Å². The smallest absolute Gasteiger partial charge is 0.252 e. The number of sulfonamides is 1. The summed E-state index contributed by atoms with van der Waals surface area (Å²) < 4.78 is 30.8. The van der Waals surface area contributed by atoms with Crippen LogP contribution in [0.4, 0.5) is 0 Å². The number of carbonyl (C=O) groups excluding carboxylic acids is 1. The van der Waals surface area contributed by atoms with Crippen LogP contribution in [0.5, 0.6) is 0 Å². The SMILES string of the molecule is CCn1c(=NC(=O)C2CCCN(S(=O)(=O)c3ccc(C)cc3)C2)sc2c(C)cc(C)cc21. The topological polar surface area (TPSA) is 71.7 Å². The fraction of sp³-hybridized carbons (Fsp3) is 0.417. The Morgan fingerprint density at radius 1 is 1.12 bits per heavy atom. The highest BCUT2D eigenvalue weighted by Gasteiger charge is 2.33. The van der Waals surface area contributed by atoms with E-state index in [1.807, 2.05) is 13.8 Å². The van der Waals surface area contributed by atoms with Crippen molar-refractivity contribution in [3.05, 3.63) is 57.9 Å². The minimum absolute atomic E-state index is 0.174. The van der Waals surface area contributed by atoms with Crippen LogP contribution in [-0.2, 0) is 21.4 Å². The van der Waals surface area contributed by atoms with E-state index in [4.69, 9.17) is 0 Å². The summed E-state index contributed by atoms with van der Waals surface area (Å²) >= 11 is 1.52. The average Bonchev–Trinajstić information content (AvgIpc) is 3.11. The van der Waals surface area contributed by atoms with Crippen LogP contribution in [-0.4, -0.2) is 36.3 Å². The maximum atomic E-state index is 13.1. The maximum Gasteiger partial charge on any atom is 0.252 e. The van der Waals surface area contributed by atoms with E-state index in [1.54, 1.807) is 24.3 Å². The molecule has 0 saturated carbocycles. The number of carbonyl (C=O) groups is 1. The Balaban J connectivity index is 1.63. The molecule has 0 bridgehead atoms. The first kappa shape index (κ1) is 22.9. The Labute approximate surface area is 193 Å². The molecule has 0 aliphatic carbocycles. The number of rotatable bonds is 4. The van der Waals surface area contributed by atoms with Gasteiger partial charge in [0.2, 0.25) is 10.0 Å². The molecule has 0 radical (unpaired) electrons. The van der Waals surface area contributed by atoms with Crippen molar-refractivity contribution in [3.63, 3.8) is 0 Å². The highest BCUT2D eigenvalue weighted by Crippen LogP contribution is 2.26. The Morgan fingerprint density at radius 3 is 2.53 bits per heavy atom. The lowest BCUT2D eigenvalue weighted by Crippen LogP contribution is -2.42. The molecule has 1 saturated heterocycles. The summed E-state index contributed by atoms with van der Waals surface area (Å²) in [6.07, 6.45) is 1.30. The molecule has 1 amide bonds. The molecule has 0 N–H and O–H groups in total. The number of hydrogen-bond acceptors (Lipinski definition) is 4. The summed E-state index contributed by atoms with van der Waals surface area (Å²) in [4.78, 5) is 18.6. The molecule has 3 aromatic rings. The number of benzene rings is 2. The van der Waals surface area contributed by atoms with Gasteiger partial charge in [0.05, 0.1) is 21.0 Å². The molecular formula is C24H29N3O3S2. The highest BCUT2D eigenvalue weighted by atomic mass is 32.2. The van der Waals surface area contributed by atoms with Crippen LogP contribution in [0.1, 0.15) is 36.5 Å². The summed E-state index contributed by atoms with van der Waals surface area (Å²) in [5, 5.41) is 0. The van der Waals surface area contributed by atoms with Gasteiger partial charge < -0.3 is 4.57 Å². The van der Waals surface area contributed by atoms with Crippen molar-refractivity contribution in [2.75, 3.05) is 13.1 Å². The molecule has 8 heteroatoms. The highest BCUT2D eigenvalue weighted by molar-refractivity contribution is 7.89. The van der Waals surface area contributed by atoms with Crippen molar-refractivity contribution in [2.24, 2.45) is 10.9 Å². The molecule has 6 nitrogen and oxygen atoms in total. The van der Waals surface area contributed by atoms with Crippen molar-refractivity contribution < 1.29 is 13.2 Å². The summed E-state index contributed by atoms with van der Waals surface area (Å²) in [5.74, 6) is -0.667. The molecule has 1 aliphatic rings. The van der Waals surface area contributed by atoms with Gasteiger partial charge >= 0.3 is 0 Å². The second kappa shape index (κ2) is 8.92. The molecule has 0 spiro atoms. The molecule has 1 aromatic heterocycles. The second-order valence-electron chi connectivity index (χ2n) is 8.52. The predicted octanol–water partition coefficient (Wildman–Crippen LogP) is 4.18. The molecule has 4 rings (SSSR count). The second-order valence-corrected chi connectivity index (χ2v) is 11.4. The molecule has 1 atom stereocenters. The quantitative estimate of drug-likeness (QED) is 0.573. The first-order valence-electron chi connectivity index (χ1n) is 11.0. The first-order chi connectivity index (χ1) is 15.2. The van der Waals surface area contributed by atoms with Crippen molar-refractivity contribution >= 4 is 37.5 Å². The zero-order valence-electron chi connectivity index (χ0n) is 19.0. The number of nitrogens with zero attached hydrogens (tertiary/aromatic N) is 3. The van der Waals surface area contributed by atoms with Crippen LogP contribution >= 0.6 is 11.3 Å². The number of aromatic nitrogens is 1. The number of piperidine rings is 1. The fourth-order valence-corrected chi connectivity index (χ4v) is 6.98. The lowest BCUT2D eigenvalue weighted by atomic mass is 9.99. The van der Waals surface area contributed by atoms with E-state index >= 15 is 0 Å². The number of hydrogen-bond donors (Lipinski definition) is 0. The van der Waals surface area contributed by atoms with E-state index < -0.39 is 15.9 Å². The molecule has 1 aliphatic heterocycles. The maximum absolute atomic E-state index is 13.1. The zero-order chi connectivity index (χ0) is 23.0. The lowest BCUT2D eigenvalue weighted by molar-refractivity contribution is -0.122. The Hall–Kier alpha value is -2.29. The molecule has 1 unspecified atom stereocenters. The van der Waals surface area contributed by atoms with E-state index in [0.717, 1.165) is 15.8 Å². The van der Waals surface area contributed by atoms with Crippen LogP contribution in [0.2, 0.25) is 0 Å². The molecular weight excluding hydrogens is 442 g/mol. The van der Waals surface area contributed by atoms with Crippen LogP contribution in [0.3, 0.4) is 0 Å². The van der Waals surface area contributed by atoms with Crippen molar-refractivity contribution in [3.8, 4) is 0 Å². The van der Waals surface area contributed by atoms with Crippen LogP contribution in [0, 0.1) is 26.7 Å². The Morgan fingerprint density at radius 2 is 1.84 bits per heavy atom. The first-order valence-corrected chi connectivity index (χ1v) is 13.2. The van der Waals surface area contributed by atoms with Gasteiger partial charge in [0, 0.05) is 19.6 Å². The number of fused-ring (bicyclic) bond motifs is 1. The number of aryl methyl sites for hydroxylation is 4. The van der Waals surface area contributed by atoms with Crippen LogP contribution in [0.25, 0.3) is 10.2 Å². The van der Waals surface area contributed by atoms with Gasteiger partial charge in [0.1, 0.15) is 0 Å². The van der Waals surface area contributed by atoms with E-state index in [1.165, 1.54) is 26.8 Å². The third kappa shape index (κ3) is 4.31.